The number of carbonyl (C=O) groups excluding carboxylic acids is 1. The van der Waals surface area contributed by atoms with Gasteiger partial charge in [0.05, 0.1) is 6.42 Å². The minimum atomic E-state index is 0.268. The van der Waals surface area contributed by atoms with Crippen molar-refractivity contribution in [3.8, 4) is 11.1 Å². The van der Waals surface area contributed by atoms with Gasteiger partial charge in [-0.2, -0.15) is 0 Å². The van der Waals surface area contributed by atoms with E-state index in [2.05, 4.69) is 46.6 Å². The van der Waals surface area contributed by atoms with Gasteiger partial charge in [0.25, 0.3) is 0 Å². The van der Waals surface area contributed by atoms with E-state index in [1.165, 1.54) is 11.1 Å². The topological polar surface area (TPSA) is 32.3 Å². The maximum atomic E-state index is 12.6. The van der Waals surface area contributed by atoms with Crippen molar-refractivity contribution in [3.63, 3.8) is 0 Å². The zero-order chi connectivity index (χ0) is 16.4. The number of carbonyl (C=O) groups is 1. The van der Waals surface area contributed by atoms with Crippen LogP contribution in [-0.4, -0.2) is 37.0 Å². The fraction of sp³-hybridized carbons (Fsp3) is 0.381. The number of nitrogens with one attached hydrogen (secondary N) is 1. The first-order valence-corrected chi connectivity index (χ1v) is 8.87. The van der Waals surface area contributed by atoms with Crippen molar-refractivity contribution in [1.29, 1.82) is 0 Å². The molecule has 0 atom stereocenters. The highest BCUT2D eigenvalue weighted by Crippen LogP contribution is 2.35. The van der Waals surface area contributed by atoms with Crippen molar-refractivity contribution in [1.82, 2.24) is 10.2 Å². The Morgan fingerprint density at radius 2 is 1.54 bits per heavy atom. The number of benzene rings is 2. The van der Waals surface area contributed by atoms with Crippen molar-refractivity contribution < 1.29 is 4.79 Å². The molecule has 2 aliphatic heterocycles. The van der Waals surface area contributed by atoms with Gasteiger partial charge in [-0.15, -0.1) is 0 Å². The number of rotatable bonds is 3. The molecule has 0 bridgehead atoms. The Balaban J connectivity index is 1.36. The number of hydrogen-bond acceptors (Lipinski definition) is 2. The lowest BCUT2D eigenvalue weighted by Gasteiger charge is -2.48. The lowest BCUT2D eigenvalue weighted by molar-refractivity contribution is -0.133. The first-order chi connectivity index (χ1) is 11.7. The second-order valence-electron chi connectivity index (χ2n) is 7.22. The molecule has 0 aliphatic carbocycles. The molecule has 24 heavy (non-hydrogen) atoms. The lowest BCUT2D eigenvalue weighted by atomic mass is 9.73. The van der Waals surface area contributed by atoms with Crippen molar-refractivity contribution >= 4 is 5.91 Å². The fourth-order valence-electron chi connectivity index (χ4n) is 3.79. The third-order valence-electron chi connectivity index (χ3n) is 5.59. The van der Waals surface area contributed by atoms with Crippen LogP contribution in [0.25, 0.3) is 11.1 Å². The Kier molecular flexibility index (Phi) is 4.11. The molecule has 4 rings (SSSR count). The summed E-state index contributed by atoms with van der Waals surface area (Å²) >= 11 is 0. The summed E-state index contributed by atoms with van der Waals surface area (Å²) in [5, 5.41) is 3.37. The van der Waals surface area contributed by atoms with Gasteiger partial charge in [-0.3, -0.25) is 4.79 Å². The van der Waals surface area contributed by atoms with Gasteiger partial charge >= 0.3 is 0 Å². The quantitative estimate of drug-likeness (QED) is 0.942. The van der Waals surface area contributed by atoms with Gasteiger partial charge in [-0.1, -0.05) is 54.6 Å². The Labute approximate surface area is 143 Å². The highest BCUT2D eigenvalue weighted by molar-refractivity contribution is 5.79. The predicted octanol–water partition coefficient (Wildman–Crippen LogP) is 3.11. The summed E-state index contributed by atoms with van der Waals surface area (Å²) in [5.74, 6) is 0.268. The molecule has 0 unspecified atom stereocenters. The average molecular weight is 320 g/mol. The minimum absolute atomic E-state index is 0.268. The molecule has 3 heteroatoms. The molecule has 2 aromatic rings. The average Bonchev–Trinajstić information content (AvgIpc) is 2.62. The van der Waals surface area contributed by atoms with Crippen LogP contribution >= 0.6 is 0 Å². The first-order valence-electron chi connectivity index (χ1n) is 8.87. The Bertz CT molecular complexity index is 694. The van der Waals surface area contributed by atoms with Crippen LogP contribution in [0.1, 0.15) is 18.4 Å². The maximum absolute atomic E-state index is 12.6. The molecule has 1 amide bonds. The molecule has 1 N–H and O–H groups in total. The van der Waals surface area contributed by atoms with E-state index in [0.717, 1.165) is 44.6 Å². The molecular formula is C21H24N2O. The van der Waals surface area contributed by atoms with E-state index >= 15 is 0 Å². The van der Waals surface area contributed by atoms with Gasteiger partial charge in [-0.25, -0.2) is 0 Å². The SMILES string of the molecule is O=C(Cc1ccc(-c2ccccc2)cc1)N1CCC2(CC1)CNC2. The summed E-state index contributed by atoms with van der Waals surface area (Å²) in [4.78, 5) is 14.6. The highest BCUT2D eigenvalue weighted by Gasteiger charge is 2.40. The van der Waals surface area contributed by atoms with Crippen LogP contribution in [0.5, 0.6) is 0 Å². The number of likely N-dealkylation sites (tertiary alicyclic amines) is 1. The van der Waals surface area contributed by atoms with Gasteiger partial charge in [0, 0.05) is 26.2 Å². The summed E-state index contributed by atoms with van der Waals surface area (Å²) in [5.41, 5.74) is 4.01. The summed E-state index contributed by atoms with van der Waals surface area (Å²) in [6.45, 7) is 4.11. The molecule has 1 spiro atoms. The van der Waals surface area contributed by atoms with Crippen LogP contribution < -0.4 is 5.32 Å². The third-order valence-corrected chi connectivity index (χ3v) is 5.59. The zero-order valence-electron chi connectivity index (χ0n) is 14.0. The van der Waals surface area contributed by atoms with Gasteiger partial charge in [0.15, 0.2) is 0 Å². The lowest BCUT2D eigenvalue weighted by Crippen LogP contribution is -2.58. The fourth-order valence-corrected chi connectivity index (χ4v) is 3.79. The van der Waals surface area contributed by atoms with Crippen molar-refractivity contribution in [2.75, 3.05) is 26.2 Å². The normalized spacial score (nSPS) is 19.1. The standard InChI is InChI=1S/C21H24N2O/c24-20(23-12-10-21(11-13-23)15-22-16-21)14-17-6-8-19(9-7-17)18-4-2-1-3-5-18/h1-9,22H,10-16H2. The van der Waals surface area contributed by atoms with E-state index in [4.69, 9.17) is 0 Å². The highest BCUT2D eigenvalue weighted by atomic mass is 16.2. The molecular weight excluding hydrogens is 296 g/mol. The smallest absolute Gasteiger partial charge is 0.226 e. The van der Waals surface area contributed by atoms with E-state index in [-0.39, 0.29) is 5.91 Å². The zero-order valence-corrected chi connectivity index (χ0v) is 14.0. The van der Waals surface area contributed by atoms with E-state index in [9.17, 15) is 4.79 Å². The molecule has 0 radical (unpaired) electrons. The molecule has 2 aromatic carbocycles. The van der Waals surface area contributed by atoms with Crippen LogP contribution in [0, 0.1) is 5.41 Å². The van der Waals surface area contributed by atoms with Crippen LogP contribution in [0.15, 0.2) is 54.6 Å². The predicted molar refractivity (Wildman–Crippen MR) is 96.7 cm³/mol. The van der Waals surface area contributed by atoms with Gasteiger partial charge in [0.2, 0.25) is 5.91 Å². The molecule has 2 fully saturated rings. The number of amides is 1. The van der Waals surface area contributed by atoms with E-state index in [1.807, 2.05) is 18.2 Å². The minimum Gasteiger partial charge on any atom is -0.342 e. The number of nitrogens with zero attached hydrogens (tertiary/aromatic N) is 1. The number of piperidine rings is 1. The third kappa shape index (κ3) is 3.09. The van der Waals surface area contributed by atoms with E-state index in [1.54, 1.807) is 0 Å². The largest absolute Gasteiger partial charge is 0.342 e. The molecule has 124 valence electrons. The van der Waals surface area contributed by atoms with E-state index < -0.39 is 0 Å². The van der Waals surface area contributed by atoms with Gasteiger partial charge < -0.3 is 10.2 Å². The van der Waals surface area contributed by atoms with Crippen LogP contribution in [-0.2, 0) is 11.2 Å². The van der Waals surface area contributed by atoms with Crippen LogP contribution in [0.3, 0.4) is 0 Å². The Hall–Kier alpha value is -2.13. The Morgan fingerprint density at radius 3 is 2.12 bits per heavy atom. The first kappa shape index (κ1) is 15.4. The molecule has 2 aliphatic rings. The Morgan fingerprint density at radius 1 is 0.917 bits per heavy atom. The summed E-state index contributed by atoms with van der Waals surface area (Å²) in [7, 11) is 0. The van der Waals surface area contributed by atoms with Crippen molar-refractivity contribution in [2.24, 2.45) is 5.41 Å². The molecule has 0 saturated carbocycles. The second-order valence-corrected chi connectivity index (χ2v) is 7.22. The van der Waals surface area contributed by atoms with Crippen LogP contribution in [0.4, 0.5) is 0 Å². The van der Waals surface area contributed by atoms with Gasteiger partial charge in [-0.05, 0) is 34.9 Å². The van der Waals surface area contributed by atoms with Crippen LogP contribution in [0.2, 0.25) is 0 Å². The van der Waals surface area contributed by atoms with E-state index in [0.29, 0.717) is 11.8 Å². The monoisotopic (exact) mass is 320 g/mol. The second kappa shape index (κ2) is 6.40. The summed E-state index contributed by atoms with van der Waals surface area (Å²) in [6.07, 6.45) is 2.82. The molecule has 2 saturated heterocycles. The maximum Gasteiger partial charge on any atom is 0.226 e. The van der Waals surface area contributed by atoms with Crippen molar-refractivity contribution in [2.45, 2.75) is 19.3 Å². The molecule has 2 heterocycles. The number of hydrogen-bond donors (Lipinski definition) is 1. The molecule has 3 nitrogen and oxygen atoms in total. The van der Waals surface area contributed by atoms with Crippen molar-refractivity contribution in [3.05, 3.63) is 60.2 Å². The molecule has 0 aromatic heterocycles. The summed E-state index contributed by atoms with van der Waals surface area (Å²) in [6, 6.07) is 18.7. The van der Waals surface area contributed by atoms with Gasteiger partial charge in [0.1, 0.15) is 0 Å². The summed E-state index contributed by atoms with van der Waals surface area (Å²) < 4.78 is 0.